The summed E-state index contributed by atoms with van der Waals surface area (Å²) < 4.78 is 0. The first kappa shape index (κ1) is 26.1. The maximum absolute atomic E-state index is 13.8. The van der Waals surface area contributed by atoms with Crippen molar-refractivity contribution in [3.05, 3.63) is 89.5 Å². The van der Waals surface area contributed by atoms with Crippen molar-refractivity contribution in [2.75, 3.05) is 4.90 Å². The summed E-state index contributed by atoms with van der Waals surface area (Å²) >= 11 is 0. The van der Waals surface area contributed by atoms with Crippen LogP contribution in [0.5, 0.6) is 0 Å². The van der Waals surface area contributed by atoms with E-state index in [1.807, 2.05) is 60.7 Å². The van der Waals surface area contributed by atoms with Crippen LogP contribution in [-0.2, 0) is 16.1 Å². The molecule has 3 aromatic carbocycles. The molecular formula is C30H34N4O3. The Kier molecular flexibility index (Phi) is 7.45. The number of nitrogens with zero attached hydrogens (tertiary/aromatic N) is 1. The van der Waals surface area contributed by atoms with Crippen LogP contribution in [-0.4, -0.2) is 29.3 Å². The molecule has 2 atom stereocenters. The van der Waals surface area contributed by atoms with E-state index in [4.69, 9.17) is 11.5 Å². The number of fused-ring (bicyclic) bond motifs is 1. The molecule has 1 aliphatic heterocycles. The number of rotatable bonds is 7. The molecule has 1 heterocycles. The Labute approximate surface area is 217 Å². The highest BCUT2D eigenvalue weighted by Gasteiger charge is 2.34. The molecule has 4 rings (SSSR count). The van der Waals surface area contributed by atoms with Crippen molar-refractivity contribution in [1.82, 2.24) is 5.32 Å². The SMILES string of the molecule is CC1CC(NC(=O)CC(C)(C)N)C(=O)N(Cc2ccc(-c3ccccc3C(N)=O)cc2)c2ccccc21. The smallest absolute Gasteiger partial charge is 0.249 e. The number of nitrogens with two attached hydrogens (primary N) is 2. The maximum Gasteiger partial charge on any atom is 0.249 e. The van der Waals surface area contributed by atoms with E-state index in [9.17, 15) is 14.4 Å². The summed E-state index contributed by atoms with van der Waals surface area (Å²) in [4.78, 5) is 40.1. The van der Waals surface area contributed by atoms with Crippen molar-refractivity contribution in [3.63, 3.8) is 0 Å². The topological polar surface area (TPSA) is 119 Å². The number of amides is 3. The van der Waals surface area contributed by atoms with Gasteiger partial charge in [-0.05, 0) is 60.6 Å². The highest BCUT2D eigenvalue weighted by atomic mass is 16.2. The van der Waals surface area contributed by atoms with Gasteiger partial charge in [-0.1, -0.05) is 67.6 Å². The lowest BCUT2D eigenvalue weighted by molar-refractivity contribution is -0.128. The summed E-state index contributed by atoms with van der Waals surface area (Å²) in [5.74, 6) is -0.787. The molecule has 3 aromatic rings. The second-order valence-corrected chi connectivity index (χ2v) is 10.5. The van der Waals surface area contributed by atoms with E-state index in [2.05, 4.69) is 12.2 Å². The molecule has 3 amide bonds. The molecule has 0 spiro atoms. The standard InChI is InChI=1S/C30H34N4O3/c1-19-16-25(33-27(35)17-30(2,3)32)29(37)34(26-11-7-6-8-22(19)26)18-20-12-14-21(15-13-20)23-9-4-5-10-24(23)28(31)36/h4-15,19,25H,16-18,32H2,1-3H3,(H2,31,36)(H,33,35). The maximum atomic E-state index is 13.8. The fraction of sp³-hybridized carbons (Fsp3) is 0.300. The molecule has 0 fully saturated rings. The third kappa shape index (κ3) is 6.06. The Morgan fingerprint density at radius 1 is 1.00 bits per heavy atom. The van der Waals surface area contributed by atoms with Gasteiger partial charge in [-0.2, -0.15) is 0 Å². The number of anilines is 1. The number of carbonyl (C=O) groups excluding carboxylic acids is 3. The van der Waals surface area contributed by atoms with Crippen LogP contribution < -0.4 is 21.7 Å². The predicted octanol–water partition coefficient (Wildman–Crippen LogP) is 4.11. The van der Waals surface area contributed by atoms with Crippen molar-refractivity contribution in [3.8, 4) is 11.1 Å². The highest BCUT2D eigenvalue weighted by Crippen LogP contribution is 2.36. The first-order valence-electron chi connectivity index (χ1n) is 12.5. The average molecular weight is 499 g/mol. The summed E-state index contributed by atoms with van der Waals surface area (Å²) in [5, 5.41) is 2.94. The Morgan fingerprint density at radius 2 is 1.65 bits per heavy atom. The van der Waals surface area contributed by atoms with E-state index >= 15 is 0 Å². The quantitative estimate of drug-likeness (QED) is 0.454. The van der Waals surface area contributed by atoms with Gasteiger partial charge in [0.05, 0.1) is 6.54 Å². The summed E-state index contributed by atoms with van der Waals surface area (Å²) in [6.45, 7) is 6.00. The minimum atomic E-state index is -0.666. The zero-order valence-corrected chi connectivity index (χ0v) is 21.5. The van der Waals surface area contributed by atoms with Crippen molar-refractivity contribution in [2.45, 2.75) is 57.7 Å². The first-order chi connectivity index (χ1) is 17.5. The lowest BCUT2D eigenvalue weighted by Gasteiger charge is -2.27. The number of para-hydroxylation sites is 1. The molecule has 7 heteroatoms. The van der Waals surface area contributed by atoms with E-state index in [0.717, 1.165) is 27.9 Å². The summed E-state index contributed by atoms with van der Waals surface area (Å²) in [5.41, 5.74) is 15.8. The normalized spacial score (nSPS) is 17.6. The van der Waals surface area contributed by atoms with E-state index in [1.54, 1.807) is 30.9 Å². The second kappa shape index (κ2) is 10.6. The fourth-order valence-corrected chi connectivity index (χ4v) is 4.90. The van der Waals surface area contributed by atoms with Crippen molar-refractivity contribution < 1.29 is 14.4 Å². The molecule has 0 aliphatic carbocycles. The van der Waals surface area contributed by atoms with Gasteiger partial charge in [0, 0.05) is 23.2 Å². The highest BCUT2D eigenvalue weighted by molar-refractivity contribution is 6.01. The molecule has 0 bridgehead atoms. The molecule has 37 heavy (non-hydrogen) atoms. The fourth-order valence-electron chi connectivity index (χ4n) is 4.90. The van der Waals surface area contributed by atoms with E-state index in [0.29, 0.717) is 18.5 Å². The molecule has 7 nitrogen and oxygen atoms in total. The lowest BCUT2D eigenvalue weighted by Crippen LogP contribution is -2.50. The van der Waals surface area contributed by atoms with Gasteiger partial charge in [0.1, 0.15) is 6.04 Å². The number of hydrogen-bond acceptors (Lipinski definition) is 4. The first-order valence-corrected chi connectivity index (χ1v) is 12.5. The zero-order chi connectivity index (χ0) is 26.7. The Balaban J connectivity index is 1.63. The number of hydrogen-bond donors (Lipinski definition) is 3. The van der Waals surface area contributed by atoms with Gasteiger partial charge >= 0.3 is 0 Å². The number of carbonyl (C=O) groups is 3. The number of benzene rings is 3. The van der Waals surface area contributed by atoms with Gasteiger partial charge in [0.2, 0.25) is 17.7 Å². The molecule has 0 radical (unpaired) electrons. The molecule has 0 saturated heterocycles. The number of nitrogens with one attached hydrogen (secondary N) is 1. The molecule has 0 aromatic heterocycles. The largest absolute Gasteiger partial charge is 0.366 e. The summed E-state index contributed by atoms with van der Waals surface area (Å²) in [6.07, 6.45) is 0.637. The van der Waals surface area contributed by atoms with Gasteiger partial charge < -0.3 is 21.7 Å². The lowest BCUT2D eigenvalue weighted by atomic mass is 9.94. The monoisotopic (exact) mass is 498 g/mol. The Morgan fingerprint density at radius 3 is 2.32 bits per heavy atom. The minimum Gasteiger partial charge on any atom is -0.366 e. The number of primary amides is 1. The van der Waals surface area contributed by atoms with Crippen LogP contribution in [0, 0.1) is 0 Å². The minimum absolute atomic E-state index is 0.0778. The van der Waals surface area contributed by atoms with Crippen LogP contribution in [0.15, 0.2) is 72.8 Å². The molecular weight excluding hydrogens is 464 g/mol. The average Bonchev–Trinajstić information content (AvgIpc) is 2.94. The molecule has 1 aliphatic rings. The summed E-state index contributed by atoms with van der Waals surface area (Å²) in [7, 11) is 0. The second-order valence-electron chi connectivity index (χ2n) is 10.5. The Bertz CT molecular complexity index is 1310. The van der Waals surface area contributed by atoms with Gasteiger partial charge in [0.25, 0.3) is 0 Å². The zero-order valence-electron chi connectivity index (χ0n) is 21.5. The van der Waals surface area contributed by atoms with Gasteiger partial charge in [0.15, 0.2) is 0 Å². The van der Waals surface area contributed by atoms with Crippen LogP contribution in [0.1, 0.15) is 61.0 Å². The van der Waals surface area contributed by atoms with Crippen LogP contribution in [0.25, 0.3) is 11.1 Å². The summed E-state index contributed by atoms with van der Waals surface area (Å²) in [6, 6.07) is 22.2. The molecule has 0 saturated carbocycles. The third-order valence-electron chi connectivity index (χ3n) is 6.66. The van der Waals surface area contributed by atoms with Gasteiger partial charge in [-0.25, -0.2) is 0 Å². The van der Waals surface area contributed by atoms with Gasteiger partial charge in [-0.15, -0.1) is 0 Å². The molecule has 2 unspecified atom stereocenters. The van der Waals surface area contributed by atoms with Crippen molar-refractivity contribution in [1.29, 1.82) is 0 Å². The van der Waals surface area contributed by atoms with Crippen LogP contribution in [0.4, 0.5) is 5.69 Å². The van der Waals surface area contributed by atoms with Crippen LogP contribution in [0.2, 0.25) is 0 Å². The third-order valence-corrected chi connectivity index (χ3v) is 6.66. The van der Waals surface area contributed by atoms with Crippen LogP contribution in [0.3, 0.4) is 0 Å². The molecule has 192 valence electrons. The Hall–Kier alpha value is -3.97. The van der Waals surface area contributed by atoms with Crippen molar-refractivity contribution >= 4 is 23.4 Å². The molecule has 5 N–H and O–H groups in total. The van der Waals surface area contributed by atoms with E-state index in [1.165, 1.54) is 0 Å². The van der Waals surface area contributed by atoms with E-state index < -0.39 is 17.5 Å². The van der Waals surface area contributed by atoms with Crippen molar-refractivity contribution in [2.24, 2.45) is 11.5 Å². The van der Waals surface area contributed by atoms with Gasteiger partial charge in [-0.3, -0.25) is 14.4 Å². The van der Waals surface area contributed by atoms with Crippen LogP contribution >= 0.6 is 0 Å². The predicted molar refractivity (Wildman–Crippen MR) is 146 cm³/mol. The van der Waals surface area contributed by atoms with E-state index in [-0.39, 0.29) is 24.2 Å².